The summed E-state index contributed by atoms with van der Waals surface area (Å²) in [6.45, 7) is 2.91. The Labute approximate surface area is 129 Å². The Morgan fingerprint density at radius 1 is 0.952 bits per heavy atom. The molecular weight excluding hydrogens is 264 g/mol. The Hall–Kier alpha value is -1.09. The molecule has 0 heterocycles. The molecule has 120 valence electrons. The first-order valence-corrected chi connectivity index (χ1v) is 8.48. The van der Waals surface area contributed by atoms with E-state index in [0.717, 1.165) is 6.42 Å². The molecule has 1 N–H and O–H groups in total. The molecule has 3 heteroatoms. The monoisotopic (exact) mass is 294 g/mol. The smallest absolute Gasteiger partial charge is 0.188 e. The van der Waals surface area contributed by atoms with Gasteiger partial charge in [-0.1, -0.05) is 64.7 Å². The molecule has 0 amide bonds. The van der Waals surface area contributed by atoms with Crippen LogP contribution in [0.3, 0.4) is 0 Å². The minimum atomic E-state index is -1.03. The van der Waals surface area contributed by atoms with Gasteiger partial charge >= 0.3 is 0 Å². The van der Waals surface area contributed by atoms with Crippen molar-refractivity contribution in [1.29, 1.82) is 0 Å². The van der Waals surface area contributed by atoms with Gasteiger partial charge in [0.05, 0.1) is 6.61 Å². The molecule has 1 aliphatic rings. The third-order valence-corrected chi connectivity index (χ3v) is 3.79. The van der Waals surface area contributed by atoms with E-state index in [9.17, 15) is 9.90 Å². The number of aliphatic hydroxyl groups is 1. The molecule has 1 unspecified atom stereocenters. The van der Waals surface area contributed by atoms with Crippen molar-refractivity contribution in [3.05, 3.63) is 24.0 Å². The zero-order valence-corrected chi connectivity index (χ0v) is 13.4. The van der Waals surface area contributed by atoms with E-state index < -0.39 is 6.10 Å². The van der Waals surface area contributed by atoms with Crippen LogP contribution in [0.4, 0.5) is 0 Å². The van der Waals surface area contributed by atoms with E-state index >= 15 is 0 Å². The first kappa shape index (κ1) is 18.0. The van der Waals surface area contributed by atoms with Crippen LogP contribution >= 0.6 is 0 Å². The summed E-state index contributed by atoms with van der Waals surface area (Å²) >= 11 is 0. The van der Waals surface area contributed by atoms with Crippen LogP contribution in [0.2, 0.25) is 0 Å². The topological polar surface area (TPSA) is 46.5 Å². The van der Waals surface area contributed by atoms with Gasteiger partial charge in [0.1, 0.15) is 11.9 Å². The van der Waals surface area contributed by atoms with Gasteiger partial charge in [-0.05, 0) is 24.6 Å². The number of rotatable bonds is 12. The van der Waals surface area contributed by atoms with Gasteiger partial charge in [-0.3, -0.25) is 4.79 Å². The fourth-order valence-corrected chi connectivity index (χ4v) is 2.43. The highest BCUT2D eigenvalue weighted by Gasteiger charge is 2.14. The van der Waals surface area contributed by atoms with Crippen molar-refractivity contribution in [2.75, 3.05) is 6.61 Å². The maximum atomic E-state index is 11.1. The van der Waals surface area contributed by atoms with E-state index in [2.05, 4.69) is 6.92 Å². The molecule has 0 aromatic carbocycles. The molecule has 1 rings (SSSR count). The lowest BCUT2D eigenvalue weighted by molar-refractivity contribution is -0.120. The highest BCUT2D eigenvalue weighted by atomic mass is 16.5. The van der Waals surface area contributed by atoms with Crippen LogP contribution in [0.15, 0.2) is 24.0 Å². The standard InChI is InChI=1S/C18H30O3/c1-2-3-4-5-6-7-8-9-10-11-14-21-16-12-13-17(19)18(20)15-16/h12-13,15,18,20H,2-11,14H2,1H3. The summed E-state index contributed by atoms with van der Waals surface area (Å²) in [7, 11) is 0. The van der Waals surface area contributed by atoms with Crippen molar-refractivity contribution < 1.29 is 14.6 Å². The first-order valence-electron chi connectivity index (χ1n) is 8.48. The number of unbranched alkanes of at least 4 members (excludes halogenated alkanes) is 9. The summed E-state index contributed by atoms with van der Waals surface area (Å²) < 4.78 is 5.54. The number of allylic oxidation sites excluding steroid dienone is 1. The van der Waals surface area contributed by atoms with Crippen LogP contribution < -0.4 is 0 Å². The van der Waals surface area contributed by atoms with E-state index in [4.69, 9.17) is 4.74 Å². The van der Waals surface area contributed by atoms with Gasteiger partial charge in [-0.25, -0.2) is 0 Å². The summed E-state index contributed by atoms with van der Waals surface area (Å²) in [5.41, 5.74) is 0. The van der Waals surface area contributed by atoms with Crippen LogP contribution in [0.25, 0.3) is 0 Å². The summed E-state index contributed by atoms with van der Waals surface area (Å²) in [5, 5.41) is 9.37. The number of hydrogen-bond acceptors (Lipinski definition) is 3. The Morgan fingerprint density at radius 3 is 2.10 bits per heavy atom. The number of hydrogen-bond donors (Lipinski definition) is 1. The molecule has 0 aromatic heterocycles. The second kappa shape index (κ2) is 11.6. The molecule has 0 fully saturated rings. The SMILES string of the molecule is CCCCCCCCCCCCOC1=CC(O)C(=O)C=C1. The summed E-state index contributed by atoms with van der Waals surface area (Å²) in [5.74, 6) is 0.333. The van der Waals surface area contributed by atoms with E-state index in [1.807, 2.05) is 0 Å². The van der Waals surface area contributed by atoms with Crippen molar-refractivity contribution in [3.8, 4) is 0 Å². The molecule has 0 bridgehead atoms. The number of ketones is 1. The number of ether oxygens (including phenoxy) is 1. The van der Waals surface area contributed by atoms with Crippen LogP contribution in [-0.2, 0) is 9.53 Å². The Morgan fingerprint density at radius 2 is 1.52 bits per heavy atom. The normalized spacial score (nSPS) is 17.9. The van der Waals surface area contributed by atoms with Crippen molar-refractivity contribution >= 4 is 5.78 Å². The van der Waals surface area contributed by atoms with Gasteiger partial charge in [-0.2, -0.15) is 0 Å². The predicted molar refractivity (Wildman–Crippen MR) is 86.0 cm³/mol. The number of aliphatic hydroxyl groups excluding tert-OH is 1. The van der Waals surface area contributed by atoms with E-state index in [0.29, 0.717) is 12.4 Å². The maximum Gasteiger partial charge on any atom is 0.188 e. The molecule has 1 aliphatic carbocycles. The van der Waals surface area contributed by atoms with Gasteiger partial charge in [-0.15, -0.1) is 0 Å². The fraction of sp³-hybridized carbons (Fsp3) is 0.722. The second-order valence-electron chi connectivity index (χ2n) is 5.78. The largest absolute Gasteiger partial charge is 0.494 e. The molecule has 1 atom stereocenters. The highest BCUT2D eigenvalue weighted by molar-refractivity contribution is 5.96. The van der Waals surface area contributed by atoms with E-state index in [1.165, 1.54) is 69.9 Å². The minimum absolute atomic E-state index is 0.277. The van der Waals surface area contributed by atoms with Gasteiger partial charge in [0.25, 0.3) is 0 Å². The summed E-state index contributed by atoms with van der Waals surface area (Å²) in [6.07, 6.45) is 16.5. The molecule has 3 nitrogen and oxygen atoms in total. The molecule has 21 heavy (non-hydrogen) atoms. The lowest BCUT2D eigenvalue weighted by Crippen LogP contribution is -2.19. The summed E-state index contributed by atoms with van der Waals surface area (Å²) in [6, 6.07) is 0. The molecule has 0 aromatic rings. The molecule has 0 saturated carbocycles. The van der Waals surface area contributed by atoms with E-state index in [1.54, 1.807) is 6.08 Å². The third-order valence-electron chi connectivity index (χ3n) is 3.79. The minimum Gasteiger partial charge on any atom is -0.494 e. The third kappa shape index (κ3) is 8.71. The Kier molecular flexibility index (Phi) is 9.88. The maximum absolute atomic E-state index is 11.1. The van der Waals surface area contributed by atoms with Gasteiger partial charge in [0, 0.05) is 0 Å². The van der Waals surface area contributed by atoms with Crippen LogP contribution in [0, 0.1) is 0 Å². The van der Waals surface area contributed by atoms with Gasteiger partial charge < -0.3 is 9.84 Å². The van der Waals surface area contributed by atoms with Crippen LogP contribution in [0.5, 0.6) is 0 Å². The average Bonchev–Trinajstić information content (AvgIpc) is 2.48. The zero-order valence-electron chi connectivity index (χ0n) is 13.4. The second-order valence-corrected chi connectivity index (χ2v) is 5.78. The molecule has 0 aliphatic heterocycles. The van der Waals surface area contributed by atoms with Crippen molar-refractivity contribution in [1.82, 2.24) is 0 Å². The summed E-state index contributed by atoms with van der Waals surface area (Å²) in [4.78, 5) is 11.1. The highest BCUT2D eigenvalue weighted by Crippen LogP contribution is 2.12. The lowest BCUT2D eigenvalue weighted by Gasteiger charge is -2.12. The molecule has 0 saturated heterocycles. The number of carbonyl (C=O) groups excluding carboxylic acids is 1. The Balaban J connectivity index is 1.88. The van der Waals surface area contributed by atoms with Crippen molar-refractivity contribution in [3.63, 3.8) is 0 Å². The van der Waals surface area contributed by atoms with Crippen molar-refractivity contribution in [2.24, 2.45) is 0 Å². The Bertz CT molecular complexity index is 344. The van der Waals surface area contributed by atoms with Crippen LogP contribution in [-0.4, -0.2) is 23.6 Å². The molecule has 0 radical (unpaired) electrons. The quantitative estimate of drug-likeness (QED) is 0.546. The first-order chi connectivity index (χ1) is 10.2. The molecule has 0 spiro atoms. The fourth-order valence-electron chi connectivity index (χ4n) is 2.43. The van der Waals surface area contributed by atoms with Crippen LogP contribution in [0.1, 0.15) is 71.1 Å². The zero-order chi connectivity index (χ0) is 15.3. The van der Waals surface area contributed by atoms with Gasteiger partial charge in [0.2, 0.25) is 0 Å². The average molecular weight is 294 g/mol. The molecular formula is C18H30O3. The number of carbonyl (C=O) groups is 1. The van der Waals surface area contributed by atoms with Crippen molar-refractivity contribution in [2.45, 2.75) is 77.2 Å². The predicted octanol–water partition coefficient (Wildman–Crippen LogP) is 4.31. The lowest BCUT2D eigenvalue weighted by atomic mass is 10.1. The van der Waals surface area contributed by atoms with Gasteiger partial charge in [0.15, 0.2) is 5.78 Å². The van der Waals surface area contributed by atoms with E-state index in [-0.39, 0.29) is 5.78 Å².